The third kappa shape index (κ3) is 1.90. The fourth-order valence-electron chi connectivity index (χ4n) is 2.24. The number of hydrogen-bond donors (Lipinski definition) is 0. The van der Waals surface area contributed by atoms with Gasteiger partial charge in [0.1, 0.15) is 5.75 Å². The first-order valence-electron chi connectivity index (χ1n) is 5.57. The molecule has 3 heteroatoms. The number of rotatable bonds is 3. The molecule has 0 aliphatic heterocycles. The molecule has 1 aliphatic carbocycles. The average Bonchev–Trinajstić information content (AvgIpc) is 2.72. The number of esters is 1. The van der Waals surface area contributed by atoms with E-state index in [1.165, 1.54) is 5.56 Å². The van der Waals surface area contributed by atoms with Crippen molar-refractivity contribution in [2.24, 2.45) is 5.92 Å². The first kappa shape index (κ1) is 11.0. The molecule has 0 unspecified atom stereocenters. The van der Waals surface area contributed by atoms with Crippen LogP contribution in [0.25, 0.3) is 0 Å². The maximum Gasteiger partial charge on any atom is 0.309 e. The number of ether oxygens (including phenoxy) is 2. The Morgan fingerprint density at radius 3 is 2.94 bits per heavy atom. The van der Waals surface area contributed by atoms with Gasteiger partial charge in [-0.15, -0.1) is 0 Å². The van der Waals surface area contributed by atoms with Crippen molar-refractivity contribution < 1.29 is 14.3 Å². The molecule has 86 valence electrons. The van der Waals surface area contributed by atoms with E-state index in [0.717, 1.165) is 24.2 Å². The average molecular weight is 220 g/mol. The summed E-state index contributed by atoms with van der Waals surface area (Å²) in [5.74, 6) is 0.747. The van der Waals surface area contributed by atoms with Gasteiger partial charge in [-0.25, -0.2) is 0 Å². The van der Waals surface area contributed by atoms with Gasteiger partial charge in [0.05, 0.1) is 19.6 Å². The Morgan fingerprint density at radius 1 is 1.44 bits per heavy atom. The summed E-state index contributed by atoms with van der Waals surface area (Å²) in [6.07, 6.45) is 1.50. The van der Waals surface area contributed by atoms with E-state index in [-0.39, 0.29) is 11.9 Å². The standard InChI is InChI=1S/C13H16O3/c1-3-16-13(14)10-7-9-5-4-6-12(15-2)11(9)8-10/h4-6,10H,3,7-8H2,1-2H3/t10-/m0/s1. The summed E-state index contributed by atoms with van der Waals surface area (Å²) in [5.41, 5.74) is 2.36. The molecule has 0 radical (unpaired) electrons. The molecule has 0 fully saturated rings. The predicted molar refractivity (Wildman–Crippen MR) is 60.5 cm³/mol. The number of carbonyl (C=O) groups is 1. The van der Waals surface area contributed by atoms with Crippen LogP contribution in [0.3, 0.4) is 0 Å². The largest absolute Gasteiger partial charge is 0.496 e. The van der Waals surface area contributed by atoms with E-state index in [9.17, 15) is 4.79 Å². The number of benzene rings is 1. The van der Waals surface area contributed by atoms with Crippen molar-refractivity contribution in [3.8, 4) is 5.75 Å². The van der Waals surface area contributed by atoms with Crippen LogP contribution in [0, 0.1) is 5.92 Å². The summed E-state index contributed by atoms with van der Waals surface area (Å²) in [4.78, 5) is 11.7. The zero-order chi connectivity index (χ0) is 11.5. The maximum absolute atomic E-state index is 11.7. The van der Waals surface area contributed by atoms with E-state index in [2.05, 4.69) is 6.07 Å². The van der Waals surface area contributed by atoms with Gasteiger partial charge in [-0.2, -0.15) is 0 Å². The first-order valence-corrected chi connectivity index (χ1v) is 5.57. The second-order valence-corrected chi connectivity index (χ2v) is 3.96. The summed E-state index contributed by atoms with van der Waals surface area (Å²) < 4.78 is 10.3. The van der Waals surface area contributed by atoms with Crippen molar-refractivity contribution in [2.45, 2.75) is 19.8 Å². The van der Waals surface area contributed by atoms with Crippen LogP contribution in [0.2, 0.25) is 0 Å². The topological polar surface area (TPSA) is 35.5 Å². The molecule has 2 rings (SSSR count). The fourth-order valence-corrected chi connectivity index (χ4v) is 2.24. The van der Waals surface area contributed by atoms with Crippen LogP contribution in [-0.2, 0) is 22.4 Å². The Labute approximate surface area is 95.4 Å². The number of carbonyl (C=O) groups excluding carboxylic acids is 1. The van der Waals surface area contributed by atoms with E-state index >= 15 is 0 Å². The molecule has 0 amide bonds. The van der Waals surface area contributed by atoms with Crippen molar-refractivity contribution >= 4 is 5.97 Å². The van der Waals surface area contributed by atoms with Gasteiger partial charge in [-0.3, -0.25) is 4.79 Å². The lowest BCUT2D eigenvalue weighted by atomic mass is 10.1. The van der Waals surface area contributed by atoms with Crippen LogP contribution in [0.5, 0.6) is 5.75 Å². The lowest BCUT2D eigenvalue weighted by Gasteiger charge is -2.07. The highest BCUT2D eigenvalue weighted by atomic mass is 16.5. The molecule has 16 heavy (non-hydrogen) atoms. The normalized spacial score (nSPS) is 18.0. The van der Waals surface area contributed by atoms with Crippen LogP contribution >= 0.6 is 0 Å². The van der Waals surface area contributed by atoms with E-state index in [1.54, 1.807) is 7.11 Å². The second kappa shape index (κ2) is 4.56. The van der Waals surface area contributed by atoms with E-state index < -0.39 is 0 Å². The molecular weight excluding hydrogens is 204 g/mol. The molecule has 0 N–H and O–H groups in total. The molecule has 0 bridgehead atoms. The maximum atomic E-state index is 11.7. The molecule has 0 saturated carbocycles. The lowest BCUT2D eigenvalue weighted by Crippen LogP contribution is -2.17. The van der Waals surface area contributed by atoms with Gasteiger partial charge in [0.15, 0.2) is 0 Å². The zero-order valence-electron chi connectivity index (χ0n) is 9.66. The van der Waals surface area contributed by atoms with Gasteiger partial charge in [0, 0.05) is 0 Å². The van der Waals surface area contributed by atoms with Crippen LogP contribution < -0.4 is 4.74 Å². The first-order chi connectivity index (χ1) is 7.76. The molecule has 0 heterocycles. The molecule has 1 aliphatic rings. The minimum Gasteiger partial charge on any atom is -0.496 e. The Hall–Kier alpha value is -1.51. The molecule has 0 aromatic heterocycles. The molecule has 1 atom stereocenters. The second-order valence-electron chi connectivity index (χ2n) is 3.96. The van der Waals surface area contributed by atoms with Gasteiger partial charge in [-0.1, -0.05) is 12.1 Å². The molecule has 1 aromatic carbocycles. The monoisotopic (exact) mass is 220 g/mol. The smallest absolute Gasteiger partial charge is 0.309 e. The third-order valence-corrected chi connectivity index (χ3v) is 2.99. The summed E-state index contributed by atoms with van der Waals surface area (Å²) in [7, 11) is 1.66. The summed E-state index contributed by atoms with van der Waals surface area (Å²) >= 11 is 0. The van der Waals surface area contributed by atoms with Gasteiger partial charge < -0.3 is 9.47 Å². The Balaban J connectivity index is 2.17. The number of fused-ring (bicyclic) bond motifs is 1. The SMILES string of the molecule is CCOC(=O)[C@H]1Cc2cccc(OC)c2C1. The molecule has 3 nitrogen and oxygen atoms in total. The number of methoxy groups -OCH3 is 1. The van der Waals surface area contributed by atoms with E-state index in [0.29, 0.717) is 6.61 Å². The van der Waals surface area contributed by atoms with Gasteiger partial charge >= 0.3 is 5.97 Å². The van der Waals surface area contributed by atoms with Gasteiger partial charge in [-0.05, 0) is 37.0 Å². The van der Waals surface area contributed by atoms with Crippen LogP contribution in [-0.4, -0.2) is 19.7 Å². The lowest BCUT2D eigenvalue weighted by molar-refractivity contribution is -0.147. The van der Waals surface area contributed by atoms with E-state index in [1.807, 2.05) is 19.1 Å². The van der Waals surface area contributed by atoms with Crippen molar-refractivity contribution in [3.63, 3.8) is 0 Å². The Morgan fingerprint density at radius 2 is 2.25 bits per heavy atom. The highest BCUT2D eigenvalue weighted by molar-refractivity contribution is 5.75. The summed E-state index contributed by atoms with van der Waals surface area (Å²) in [6, 6.07) is 5.95. The van der Waals surface area contributed by atoms with Gasteiger partial charge in [0.25, 0.3) is 0 Å². The predicted octanol–water partition coefficient (Wildman–Crippen LogP) is 1.97. The summed E-state index contributed by atoms with van der Waals surface area (Å²) in [6.45, 7) is 2.28. The molecule has 0 saturated heterocycles. The van der Waals surface area contributed by atoms with Crippen molar-refractivity contribution in [2.75, 3.05) is 13.7 Å². The Kier molecular flexibility index (Phi) is 3.13. The highest BCUT2D eigenvalue weighted by Gasteiger charge is 2.30. The fraction of sp³-hybridized carbons (Fsp3) is 0.462. The van der Waals surface area contributed by atoms with Gasteiger partial charge in [0.2, 0.25) is 0 Å². The third-order valence-electron chi connectivity index (χ3n) is 2.99. The van der Waals surface area contributed by atoms with Crippen LogP contribution in [0.4, 0.5) is 0 Å². The molecule has 1 aromatic rings. The number of hydrogen-bond acceptors (Lipinski definition) is 3. The summed E-state index contributed by atoms with van der Waals surface area (Å²) in [5, 5.41) is 0. The minimum absolute atomic E-state index is 0.0359. The van der Waals surface area contributed by atoms with Crippen LogP contribution in [0.1, 0.15) is 18.1 Å². The highest BCUT2D eigenvalue weighted by Crippen LogP contribution is 2.34. The quantitative estimate of drug-likeness (QED) is 0.731. The zero-order valence-corrected chi connectivity index (χ0v) is 9.66. The molecular formula is C13H16O3. The van der Waals surface area contributed by atoms with Crippen molar-refractivity contribution in [3.05, 3.63) is 29.3 Å². The van der Waals surface area contributed by atoms with E-state index in [4.69, 9.17) is 9.47 Å². The minimum atomic E-state index is -0.0965. The van der Waals surface area contributed by atoms with Crippen molar-refractivity contribution in [1.82, 2.24) is 0 Å². The van der Waals surface area contributed by atoms with Crippen LogP contribution in [0.15, 0.2) is 18.2 Å². The Bertz CT molecular complexity index is 398. The van der Waals surface area contributed by atoms with Crippen molar-refractivity contribution in [1.29, 1.82) is 0 Å². The molecule has 0 spiro atoms.